The van der Waals surface area contributed by atoms with Crippen LogP contribution in [0.5, 0.6) is 0 Å². The maximum Gasteiger partial charge on any atom is 0.0589 e. The highest BCUT2D eigenvalue weighted by Crippen LogP contribution is 2.28. The highest BCUT2D eigenvalue weighted by atomic mass is 16.5. The zero-order chi connectivity index (χ0) is 13.6. The van der Waals surface area contributed by atoms with Crippen LogP contribution >= 0.6 is 0 Å². The van der Waals surface area contributed by atoms with E-state index >= 15 is 0 Å². The van der Waals surface area contributed by atoms with Crippen LogP contribution in [0.2, 0.25) is 0 Å². The number of ether oxygens (including phenoxy) is 1. The standard InChI is InChI=1S/C14H31N3O/c1-13(2)11-17(9-10-18-4)14(12-15)5-7-16(3)8-6-14/h13H,5-12,15H2,1-4H3. The van der Waals surface area contributed by atoms with Crippen molar-refractivity contribution in [2.75, 3.05) is 53.5 Å². The minimum absolute atomic E-state index is 0.190. The highest BCUT2D eigenvalue weighted by Gasteiger charge is 2.37. The number of hydrogen-bond acceptors (Lipinski definition) is 4. The zero-order valence-corrected chi connectivity index (χ0v) is 12.6. The van der Waals surface area contributed by atoms with E-state index in [1.807, 2.05) is 0 Å². The molecule has 2 N–H and O–H groups in total. The van der Waals surface area contributed by atoms with Crippen molar-refractivity contribution in [1.29, 1.82) is 0 Å². The first-order valence-electron chi connectivity index (χ1n) is 7.16. The SMILES string of the molecule is COCCN(CC(C)C)C1(CN)CCN(C)CC1. The van der Waals surface area contributed by atoms with Gasteiger partial charge in [-0.1, -0.05) is 13.8 Å². The molecule has 0 aromatic rings. The van der Waals surface area contributed by atoms with Gasteiger partial charge >= 0.3 is 0 Å². The lowest BCUT2D eigenvalue weighted by Gasteiger charge is -2.48. The summed E-state index contributed by atoms with van der Waals surface area (Å²) in [5, 5.41) is 0. The lowest BCUT2D eigenvalue weighted by molar-refractivity contribution is 0.00894. The summed E-state index contributed by atoms with van der Waals surface area (Å²) < 4.78 is 5.26. The largest absolute Gasteiger partial charge is 0.383 e. The Labute approximate surface area is 112 Å². The van der Waals surface area contributed by atoms with Crippen molar-refractivity contribution in [2.24, 2.45) is 11.7 Å². The normalized spacial score (nSPS) is 20.8. The number of nitrogens with two attached hydrogens (primary N) is 1. The van der Waals surface area contributed by atoms with Gasteiger partial charge in [-0.2, -0.15) is 0 Å². The molecule has 0 amide bonds. The van der Waals surface area contributed by atoms with Gasteiger partial charge in [-0.05, 0) is 38.9 Å². The van der Waals surface area contributed by atoms with Gasteiger partial charge in [0.1, 0.15) is 0 Å². The fourth-order valence-corrected chi connectivity index (χ4v) is 2.85. The maximum atomic E-state index is 6.13. The summed E-state index contributed by atoms with van der Waals surface area (Å²) in [7, 11) is 3.97. The topological polar surface area (TPSA) is 41.7 Å². The van der Waals surface area contributed by atoms with E-state index in [2.05, 4.69) is 30.7 Å². The van der Waals surface area contributed by atoms with Crippen LogP contribution in [-0.2, 0) is 4.74 Å². The molecule has 4 nitrogen and oxygen atoms in total. The first kappa shape index (κ1) is 15.9. The van der Waals surface area contributed by atoms with Crippen LogP contribution in [0.3, 0.4) is 0 Å². The van der Waals surface area contributed by atoms with E-state index < -0.39 is 0 Å². The van der Waals surface area contributed by atoms with Crippen molar-refractivity contribution in [3.05, 3.63) is 0 Å². The second-order valence-corrected chi connectivity index (χ2v) is 6.06. The van der Waals surface area contributed by atoms with Crippen LogP contribution < -0.4 is 5.73 Å². The maximum absolute atomic E-state index is 6.13. The number of piperidine rings is 1. The molecule has 1 saturated heterocycles. The van der Waals surface area contributed by atoms with E-state index in [4.69, 9.17) is 10.5 Å². The predicted molar refractivity (Wildman–Crippen MR) is 76.8 cm³/mol. The van der Waals surface area contributed by atoms with Gasteiger partial charge in [-0.25, -0.2) is 0 Å². The molecular weight excluding hydrogens is 226 g/mol. The Kier molecular flexibility index (Phi) is 6.57. The van der Waals surface area contributed by atoms with E-state index in [1.165, 1.54) is 12.8 Å². The van der Waals surface area contributed by atoms with Crippen LogP contribution in [0.15, 0.2) is 0 Å². The Morgan fingerprint density at radius 3 is 2.39 bits per heavy atom. The van der Waals surface area contributed by atoms with E-state index in [0.717, 1.165) is 39.3 Å². The number of hydrogen-bond donors (Lipinski definition) is 1. The van der Waals surface area contributed by atoms with Gasteiger partial charge < -0.3 is 15.4 Å². The quantitative estimate of drug-likeness (QED) is 0.739. The van der Waals surface area contributed by atoms with Crippen molar-refractivity contribution in [3.8, 4) is 0 Å². The molecule has 18 heavy (non-hydrogen) atoms. The van der Waals surface area contributed by atoms with Crippen molar-refractivity contribution < 1.29 is 4.74 Å². The fraction of sp³-hybridized carbons (Fsp3) is 1.00. The molecule has 0 unspecified atom stereocenters. The van der Waals surface area contributed by atoms with Crippen molar-refractivity contribution in [3.63, 3.8) is 0 Å². The summed E-state index contributed by atoms with van der Waals surface area (Å²) in [5.41, 5.74) is 6.32. The Balaban J connectivity index is 2.71. The van der Waals surface area contributed by atoms with Crippen molar-refractivity contribution in [1.82, 2.24) is 9.80 Å². The van der Waals surface area contributed by atoms with Crippen LogP contribution in [-0.4, -0.2) is 68.8 Å². The zero-order valence-electron chi connectivity index (χ0n) is 12.6. The predicted octanol–water partition coefficient (Wildman–Crippen LogP) is 1.01. The molecule has 4 heteroatoms. The first-order chi connectivity index (χ1) is 8.54. The molecule has 1 rings (SSSR count). The van der Waals surface area contributed by atoms with Gasteiger partial charge in [0.15, 0.2) is 0 Å². The summed E-state index contributed by atoms with van der Waals surface area (Å²) in [6.45, 7) is 10.5. The second kappa shape index (κ2) is 7.43. The average Bonchev–Trinajstić information content (AvgIpc) is 2.35. The molecule has 0 saturated carbocycles. The van der Waals surface area contributed by atoms with E-state index in [0.29, 0.717) is 5.92 Å². The molecular formula is C14H31N3O. The highest BCUT2D eigenvalue weighted by molar-refractivity contribution is 4.96. The van der Waals surface area contributed by atoms with Gasteiger partial charge in [0.05, 0.1) is 6.61 Å². The second-order valence-electron chi connectivity index (χ2n) is 6.06. The molecule has 1 aliphatic rings. The number of nitrogens with zero attached hydrogens (tertiary/aromatic N) is 2. The van der Waals surface area contributed by atoms with Crippen LogP contribution in [0, 0.1) is 5.92 Å². The summed E-state index contributed by atoms with van der Waals surface area (Å²) >= 11 is 0. The number of likely N-dealkylation sites (tertiary alicyclic amines) is 1. The van der Waals surface area contributed by atoms with E-state index in [-0.39, 0.29) is 5.54 Å². The summed E-state index contributed by atoms with van der Waals surface area (Å²) in [6, 6.07) is 0. The smallest absolute Gasteiger partial charge is 0.0589 e. The lowest BCUT2D eigenvalue weighted by atomic mass is 9.85. The number of methoxy groups -OCH3 is 1. The number of rotatable bonds is 7. The third-order valence-electron chi connectivity index (χ3n) is 4.12. The molecule has 1 aliphatic heterocycles. The molecule has 0 aromatic carbocycles. The van der Waals surface area contributed by atoms with Gasteiger partial charge in [0.25, 0.3) is 0 Å². The molecule has 0 aliphatic carbocycles. The fourth-order valence-electron chi connectivity index (χ4n) is 2.85. The Morgan fingerprint density at radius 1 is 1.33 bits per heavy atom. The van der Waals surface area contributed by atoms with E-state index in [9.17, 15) is 0 Å². The Morgan fingerprint density at radius 2 is 1.94 bits per heavy atom. The molecule has 1 heterocycles. The molecule has 0 atom stereocenters. The van der Waals surface area contributed by atoms with Crippen LogP contribution in [0.4, 0.5) is 0 Å². The first-order valence-corrected chi connectivity index (χ1v) is 7.16. The van der Waals surface area contributed by atoms with Crippen LogP contribution in [0.25, 0.3) is 0 Å². The monoisotopic (exact) mass is 257 g/mol. The molecule has 108 valence electrons. The minimum Gasteiger partial charge on any atom is -0.383 e. The summed E-state index contributed by atoms with van der Waals surface area (Å²) in [6.07, 6.45) is 2.35. The minimum atomic E-state index is 0.190. The van der Waals surface area contributed by atoms with Gasteiger partial charge in [-0.3, -0.25) is 4.90 Å². The third-order valence-corrected chi connectivity index (χ3v) is 4.12. The molecule has 1 fully saturated rings. The molecule has 0 aromatic heterocycles. The average molecular weight is 257 g/mol. The van der Waals surface area contributed by atoms with Crippen LogP contribution in [0.1, 0.15) is 26.7 Å². The molecule has 0 bridgehead atoms. The lowest BCUT2D eigenvalue weighted by Crippen LogP contribution is -2.60. The van der Waals surface area contributed by atoms with Gasteiger partial charge in [-0.15, -0.1) is 0 Å². The van der Waals surface area contributed by atoms with Crippen molar-refractivity contribution >= 4 is 0 Å². The van der Waals surface area contributed by atoms with Gasteiger partial charge in [0, 0.05) is 32.3 Å². The Hall–Kier alpha value is -0.160. The molecule has 0 radical (unpaired) electrons. The molecule has 0 spiro atoms. The van der Waals surface area contributed by atoms with Crippen molar-refractivity contribution in [2.45, 2.75) is 32.2 Å². The third kappa shape index (κ3) is 4.19. The van der Waals surface area contributed by atoms with E-state index in [1.54, 1.807) is 7.11 Å². The summed E-state index contributed by atoms with van der Waals surface area (Å²) in [5.74, 6) is 0.671. The summed E-state index contributed by atoms with van der Waals surface area (Å²) in [4.78, 5) is 4.98. The van der Waals surface area contributed by atoms with Gasteiger partial charge in [0.2, 0.25) is 0 Å². The Bertz CT molecular complexity index is 225.